The molecule has 57 heavy (non-hydrogen) atoms. The molecule has 0 aliphatic heterocycles. The Kier molecular flexibility index (Phi) is 36.0. The Morgan fingerprint density at radius 2 is 0.789 bits per heavy atom. The largest absolute Gasteiger partial charge is 0.465 e. The van der Waals surface area contributed by atoms with Crippen molar-refractivity contribution >= 4 is 11.9 Å². The molecule has 0 fully saturated rings. The van der Waals surface area contributed by atoms with Crippen LogP contribution in [0.2, 0.25) is 0 Å². The molecule has 0 aromatic heterocycles. The van der Waals surface area contributed by atoms with E-state index in [1.165, 1.54) is 96.3 Å². The highest BCUT2D eigenvalue weighted by atomic mass is 16.5. The summed E-state index contributed by atoms with van der Waals surface area (Å²) in [6, 6.07) is 1.18. The minimum absolute atomic E-state index is 0.00895. The highest BCUT2D eigenvalue weighted by molar-refractivity contribution is 5.69. The maximum absolute atomic E-state index is 12.4. The zero-order valence-corrected chi connectivity index (χ0v) is 40.5. The molecule has 0 radical (unpaired) electrons. The fourth-order valence-corrected chi connectivity index (χ4v) is 7.98. The van der Waals surface area contributed by atoms with Crippen LogP contribution in [0.4, 0.5) is 0 Å². The normalized spacial score (nSPS) is 13.9. The van der Waals surface area contributed by atoms with E-state index in [0.29, 0.717) is 79.8 Å². The van der Waals surface area contributed by atoms with Gasteiger partial charge in [-0.3, -0.25) is 14.5 Å². The molecular weight excluding hydrogens is 707 g/mol. The zero-order valence-electron chi connectivity index (χ0n) is 40.5. The van der Waals surface area contributed by atoms with E-state index in [-0.39, 0.29) is 11.9 Å². The summed E-state index contributed by atoms with van der Waals surface area (Å²) in [5.74, 6) is 3.44. The molecule has 0 N–H and O–H groups in total. The monoisotopic (exact) mass is 808 g/mol. The van der Waals surface area contributed by atoms with Crippen molar-refractivity contribution in [3.05, 3.63) is 0 Å². The van der Waals surface area contributed by atoms with Gasteiger partial charge >= 0.3 is 11.9 Å². The fourth-order valence-electron chi connectivity index (χ4n) is 7.98. The van der Waals surface area contributed by atoms with Crippen LogP contribution in [-0.2, 0) is 23.8 Å². The number of rotatable bonds is 40. The number of unbranched alkanes of at least 4 members (excludes halogenated alkanes) is 13. The average Bonchev–Trinajstić information content (AvgIpc) is 3.13. The summed E-state index contributed by atoms with van der Waals surface area (Å²) in [5.41, 5.74) is 0. The number of hydrogen-bond donors (Lipinski definition) is 0. The lowest BCUT2D eigenvalue weighted by atomic mass is 9.89. The topological polar surface area (TPSA) is 65.1 Å². The summed E-state index contributed by atoms with van der Waals surface area (Å²) in [4.78, 5) is 27.3. The van der Waals surface area contributed by atoms with E-state index in [2.05, 4.69) is 88.0 Å². The molecule has 2 atom stereocenters. The van der Waals surface area contributed by atoms with Gasteiger partial charge < -0.3 is 14.2 Å². The third kappa shape index (κ3) is 34.3. The van der Waals surface area contributed by atoms with Crippen molar-refractivity contribution in [1.82, 2.24) is 4.90 Å². The van der Waals surface area contributed by atoms with E-state index in [9.17, 15) is 9.59 Å². The third-order valence-electron chi connectivity index (χ3n) is 12.3. The molecule has 0 bridgehead atoms. The summed E-state index contributed by atoms with van der Waals surface area (Å²) in [6.45, 7) is 30.5. The van der Waals surface area contributed by atoms with Gasteiger partial charge in [0.15, 0.2) is 0 Å². The van der Waals surface area contributed by atoms with Gasteiger partial charge in [-0.1, -0.05) is 145 Å². The van der Waals surface area contributed by atoms with Crippen molar-refractivity contribution in [2.24, 2.45) is 35.5 Å². The molecule has 0 spiro atoms. The number of esters is 2. The van der Waals surface area contributed by atoms with Gasteiger partial charge in [0.25, 0.3) is 0 Å². The van der Waals surface area contributed by atoms with E-state index < -0.39 is 0 Å². The molecule has 0 rings (SSSR count). The van der Waals surface area contributed by atoms with E-state index in [1.807, 2.05) is 0 Å². The predicted molar refractivity (Wildman–Crippen MR) is 246 cm³/mol. The third-order valence-corrected chi connectivity index (χ3v) is 12.3. The number of ether oxygens (including phenoxy) is 3. The van der Waals surface area contributed by atoms with Gasteiger partial charge in [0.05, 0.1) is 19.3 Å². The van der Waals surface area contributed by atoms with Gasteiger partial charge in [0.2, 0.25) is 0 Å². The smallest absolute Gasteiger partial charge is 0.305 e. The molecule has 6 nitrogen and oxygen atoms in total. The molecule has 340 valence electrons. The minimum Gasteiger partial charge on any atom is -0.465 e. The summed E-state index contributed by atoms with van der Waals surface area (Å²) >= 11 is 0. The van der Waals surface area contributed by atoms with Gasteiger partial charge in [-0.15, -0.1) is 0 Å². The van der Waals surface area contributed by atoms with Crippen LogP contribution >= 0.6 is 0 Å². The number of nitrogens with zero attached hydrogens (tertiary/aromatic N) is 1. The van der Waals surface area contributed by atoms with Crippen LogP contribution < -0.4 is 0 Å². The maximum Gasteiger partial charge on any atom is 0.305 e. The molecule has 0 aliphatic carbocycles. The Morgan fingerprint density at radius 3 is 1.14 bits per heavy atom. The van der Waals surface area contributed by atoms with Gasteiger partial charge in [0.1, 0.15) is 0 Å². The van der Waals surface area contributed by atoms with Crippen LogP contribution in [0, 0.1) is 35.5 Å². The molecule has 0 saturated heterocycles. The van der Waals surface area contributed by atoms with Gasteiger partial charge in [-0.25, -0.2) is 0 Å². The highest BCUT2D eigenvalue weighted by Gasteiger charge is 2.18. The lowest BCUT2D eigenvalue weighted by Gasteiger charge is -2.30. The Hall–Kier alpha value is -1.14. The first kappa shape index (κ1) is 55.9. The number of hydrogen-bond acceptors (Lipinski definition) is 6. The van der Waals surface area contributed by atoms with Crippen molar-refractivity contribution in [1.29, 1.82) is 0 Å². The Labute approximate surface area is 356 Å². The van der Waals surface area contributed by atoms with Crippen LogP contribution in [0.3, 0.4) is 0 Å². The molecule has 0 aromatic carbocycles. The summed E-state index contributed by atoms with van der Waals surface area (Å²) in [5, 5.41) is 0. The molecule has 6 heteroatoms. The first-order chi connectivity index (χ1) is 27.1. The first-order valence-corrected chi connectivity index (χ1v) is 24.8. The molecule has 0 aromatic rings. The maximum atomic E-state index is 12.4. The van der Waals surface area contributed by atoms with E-state index >= 15 is 0 Å². The highest BCUT2D eigenvalue weighted by Crippen LogP contribution is 2.23. The standard InChI is InChI=1S/C51H101NO5/c1-41(2)33-35-47(43(5)6)39-56-50(53)31-25-21-17-13-15-19-23-29-49(55-38-28-27-37-52(45(9)10)46(11)12)30-24-20-16-14-18-22-26-32-51(54)57-40-48(44(7)8)36-34-42(3)4/h41-49H,13-40H2,1-12H3. The van der Waals surface area contributed by atoms with Crippen LogP contribution in [0.25, 0.3) is 0 Å². The minimum atomic E-state index is -0.00895. The van der Waals surface area contributed by atoms with Crippen LogP contribution in [-0.4, -0.2) is 61.4 Å². The summed E-state index contributed by atoms with van der Waals surface area (Å²) in [7, 11) is 0. The SMILES string of the molecule is CC(C)CCC(COC(=O)CCCCCCCCCC(CCCCCCCCCC(=O)OCC(CCC(C)C)C(C)C)OCCCCN(C(C)C)C(C)C)C(C)C. The Morgan fingerprint density at radius 1 is 0.421 bits per heavy atom. The quantitative estimate of drug-likeness (QED) is 0.0454. The lowest BCUT2D eigenvalue weighted by molar-refractivity contribution is -0.146. The van der Waals surface area contributed by atoms with Crippen molar-refractivity contribution in [3.8, 4) is 0 Å². The second-order valence-electron chi connectivity index (χ2n) is 20.0. The summed E-state index contributed by atoms with van der Waals surface area (Å²) in [6.07, 6.45) is 27.6. The van der Waals surface area contributed by atoms with Crippen molar-refractivity contribution in [3.63, 3.8) is 0 Å². The molecule has 0 amide bonds. The fraction of sp³-hybridized carbons (Fsp3) is 0.961. The van der Waals surface area contributed by atoms with E-state index in [0.717, 1.165) is 58.1 Å². The van der Waals surface area contributed by atoms with Crippen molar-refractivity contribution in [2.75, 3.05) is 26.4 Å². The Balaban J connectivity index is 4.35. The molecule has 0 aliphatic rings. The second kappa shape index (κ2) is 36.7. The Bertz CT molecular complexity index is 849. The van der Waals surface area contributed by atoms with Gasteiger partial charge in [-0.05, 0) is 121 Å². The van der Waals surface area contributed by atoms with E-state index in [1.54, 1.807) is 0 Å². The predicted octanol–water partition coefficient (Wildman–Crippen LogP) is 14.8. The summed E-state index contributed by atoms with van der Waals surface area (Å²) < 4.78 is 17.9. The number of carbonyl (C=O) groups is 2. The van der Waals surface area contributed by atoms with Crippen molar-refractivity contribution < 1.29 is 23.8 Å². The molecule has 2 unspecified atom stereocenters. The van der Waals surface area contributed by atoms with Crippen LogP contribution in [0.15, 0.2) is 0 Å². The molecule has 0 heterocycles. The zero-order chi connectivity index (χ0) is 42.8. The van der Waals surface area contributed by atoms with Gasteiger partial charge in [-0.2, -0.15) is 0 Å². The number of carbonyl (C=O) groups excluding carboxylic acids is 2. The average molecular weight is 808 g/mol. The van der Waals surface area contributed by atoms with E-state index in [4.69, 9.17) is 14.2 Å². The van der Waals surface area contributed by atoms with Crippen LogP contribution in [0.1, 0.15) is 237 Å². The molecule has 0 saturated carbocycles. The molecular formula is C51H101NO5. The van der Waals surface area contributed by atoms with Gasteiger partial charge in [0, 0.05) is 31.5 Å². The lowest BCUT2D eigenvalue weighted by Crippen LogP contribution is -2.37. The van der Waals surface area contributed by atoms with Crippen LogP contribution in [0.5, 0.6) is 0 Å². The second-order valence-corrected chi connectivity index (χ2v) is 20.0. The first-order valence-electron chi connectivity index (χ1n) is 24.8. The van der Waals surface area contributed by atoms with Crippen molar-refractivity contribution in [2.45, 2.75) is 255 Å².